The quantitative estimate of drug-likeness (QED) is 0.842. The Labute approximate surface area is 87.8 Å². The predicted octanol–water partition coefficient (Wildman–Crippen LogP) is 3.43. The third kappa shape index (κ3) is 2.20. The standard InChI is InChI=1S/C9H11Cl2NO/c1-3-12-6-4-5-7(13-2)9(11)8(6)10/h4-5,12H,3H2,1-2H3. The van der Waals surface area contributed by atoms with Crippen molar-refractivity contribution in [2.75, 3.05) is 19.0 Å². The number of benzene rings is 1. The zero-order chi connectivity index (χ0) is 9.84. The highest BCUT2D eigenvalue weighted by atomic mass is 35.5. The monoisotopic (exact) mass is 219 g/mol. The summed E-state index contributed by atoms with van der Waals surface area (Å²) in [6.45, 7) is 2.80. The Balaban J connectivity index is 3.07. The van der Waals surface area contributed by atoms with E-state index in [1.807, 2.05) is 13.0 Å². The lowest BCUT2D eigenvalue weighted by Crippen LogP contribution is -1.97. The molecule has 0 aliphatic heterocycles. The molecule has 0 saturated heterocycles. The molecule has 1 aromatic carbocycles. The van der Waals surface area contributed by atoms with Crippen LogP contribution in [0, 0.1) is 0 Å². The van der Waals surface area contributed by atoms with Crippen LogP contribution in [0.4, 0.5) is 5.69 Å². The summed E-state index contributed by atoms with van der Waals surface area (Å²) in [6.07, 6.45) is 0. The second kappa shape index (κ2) is 4.58. The highest BCUT2D eigenvalue weighted by Gasteiger charge is 2.08. The maximum absolute atomic E-state index is 5.98. The van der Waals surface area contributed by atoms with Crippen LogP contribution in [0.15, 0.2) is 12.1 Å². The van der Waals surface area contributed by atoms with Crippen molar-refractivity contribution in [3.8, 4) is 5.75 Å². The van der Waals surface area contributed by atoms with Crippen LogP contribution in [0.1, 0.15) is 6.92 Å². The highest BCUT2D eigenvalue weighted by molar-refractivity contribution is 6.44. The Bertz CT molecular complexity index is 302. The lowest BCUT2D eigenvalue weighted by atomic mass is 10.3. The number of methoxy groups -OCH3 is 1. The van der Waals surface area contributed by atoms with Crippen molar-refractivity contribution in [1.29, 1.82) is 0 Å². The van der Waals surface area contributed by atoms with Gasteiger partial charge in [0.15, 0.2) is 0 Å². The zero-order valence-electron chi connectivity index (χ0n) is 7.53. The SMILES string of the molecule is CCNc1ccc(OC)c(Cl)c1Cl. The summed E-state index contributed by atoms with van der Waals surface area (Å²) >= 11 is 11.9. The molecule has 0 heterocycles. The molecule has 4 heteroatoms. The topological polar surface area (TPSA) is 21.3 Å². The fourth-order valence-corrected chi connectivity index (χ4v) is 1.48. The minimum Gasteiger partial charge on any atom is -0.495 e. The van der Waals surface area contributed by atoms with Gasteiger partial charge < -0.3 is 10.1 Å². The van der Waals surface area contributed by atoms with Crippen LogP contribution in [0.3, 0.4) is 0 Å². The van der Waals surface area contributed by atoms with Crippen molar-refractivity contribution in [3.63, 3.8) is 0 Å². The lowest BCUT2D eigenvalue weighted by Gasteiger charge is -2.09. The van der Waals surface area contributed by atoms with E-state index in [0.29, 0.717) is 15.8 Å². The van der Waals surface area contributed by atoms with Crippen LogP contribution < -0.4 is 10.1 Å². The minimum atomic E-state index is 0.447. The Hall–Kier alpha value is -0.600. The van der Waals surface area contributed by atoms with Crippen molar-refractivity contribution >= 4 is 28.9 Å². The van der Waals surface area contributed by atoms with Gasteiger partial charge in [0.25, 0.3) is 0 Å². The van der Waals surface area contributed by atoms with Crippen molar-refractivity contribution in [1.82, 2.24) is 0 Å². The molecule has 0 spiro atoms. The van der Waals surface area contributed by atoms with E-state index >= 15 is 0 Å². The second-order valence-corrected chi connectivity index (χ2v) is 3.23. The number of anilines is 1. The zero-order valence-corrected chi connectivity index (χ0v) is 9.04. The first-order valence-corrected chi connectivity index (χ1v) is 4.72. The molecule has 0 unspecified atom stereocenters. The van der Waals surface area contributed by atoms with Gasteiger partial charge in [-0.25, -0.2) is 0 Å². The molecule has 0 aromatic heterocycles. The molecule has 0 bridgehead atoms. The summed E-state index contributed by atoms with van der Waals surface area (Å²) in [7, 11) is 1.56. The average molecular weight is 220 g/mol. The Kier molecular flexibility index (Phi) is 3.70. The first-order valence-electron chi connectivity index (χ1n) is 3.96. The molecule has 0 aliphatic carbocycles. The Morgan fingerprint density at radius 1 is 1.31 bits per heavy atom. The summed E-state index contributed by atoms with van der Waals surface area (Å²) in [6, 6.07) is 3.63. The molecule has 1 N–H and O–H groups in total. The van der Waals surface area contributed by atoms with Gasteiger partial charge in [-0.2, -0.15) is 0 Å². The Morgan fingerprint density at radius 3 is 2.54 bits per heavy atom. The van der Waals surface area contributed by atoms with E-state index in [4.69, 9.17) is 27.9 Å². The first-order chi connectivity index (χ1) is 6.20. The normalized spacial score (nSPS) is 9.85. The third-order valence-electron chi connectivity index (χ3n) is 1.63. The molecule has 1 aromatic rings. The summed E-state index contributed by atoms with van der Waals surface area (Å²) in [5.74, 6) is 0.591. The largest absolute Gasteiger partial charge is 0.495 e. The van der Waals surface area contributed by atoms with E-state index in [9.17, 15) is 0 Å². The highest BCUT2D eigenvalue weighted by Crippen LogP contribution is 2.37. The van der Waals surface area contributed by atoms with E-state index < -0.39 is 0 Å². The van der Waals surface area contributed by atoms with Gasteiger partial charge in [0.2, 0.25) is 0 Å². The molecule has 0 amide bonds. The van der Waals surface area contributed by atoms with Crippen LogP contribution in [-0.2, 0) is 0 Å². The Morgan fingerprint density at radius 2 is 2.00 bits per heavy atom. The summed E-state index contributed by atoms with van der Waals surface area (Å²) in [5, 5.41) is 4.05. The minimum absolute atomic E-state index is 0.447. The number of rotatable bonds is 3. The maximum atomic E-state index is 5.98. The van der Waals surface area contributed by atoms with E-state index in [1.54, 1.807) is 13.2 Å². The molecular weight excluding hydrogens is 209 g/mol. The number of hydrogen-bond donors (Lipinski definition) is 1. The van der Waals surface area contributed by atoms with Crippen molar-refractivity contribution in [3.05, 3.63) is 22.2 Å². The van der Waals surface area contributed by atoms with Gasteiger partial charge in [0.05, 0.1) is 17.8 Å². The van der Waals surface area contributed by atoms with E-state index in [2.05, 4.69) is 5.32 Å². The molecule has 0 radical (unpaired) electrons. The number of nitrogens with one attached hydrogen (secondary N) is 1. The van der Waals surface area contributed by atoms with Crippen LogP contribution in [0.25, 0.3) is 0 Å². The smallest absolute Gasteiger partial charge is 0.139 e. The predicted molar refractivity (Wildman–Crippen MR) is 57.2 cm³/mol. The lowest BCUT2D eigenvalue weighted by molar-refractivity contribution is 0.415. The van der Waals surface area contributed by atoms with Crippen LogP contribution in [0.2, 0.25) is 10.0 Å². The summed E-state index contributed by atoms with van der Waals surface area (Å²) in [4.78, 5) is 0. The summed E-state index contributed by atoms with van der Waals surface area (Å²) < 4.78 is 5.01. The van der Waals surface area contributed by atoms with Gasteiger partial charge in [0, 0.05) is 6.54 Å². The van der Waals surface area contributed by atoms with Gasteiger partial charge in [0.1, 0.15) is 10.8 Å². The molecule has 0 atom stereocenters. The van der Waals surface area contributed by atoms with Crippen LogP contribution in [0.5, 0.6) is 5.75 Å². The van der Waals surface area contributed by atoms with Gasteiger partial charge in [-0.05, 0) is 19.1 Å². The molecule has 2 nitrogen and oxygen atoms in total. The van der Waals surface area contributed by atoms with Gasteiger partial charge in [-0.1, -0.05) is 23.2 Å². The molecule has 0 saturated carbocycles. The number of ether oxygens (including phenoxy) is 1. The van der Waals surface area contributed by atoms with Gasteiger partial charge in [-0.15, -0.1) is 0 Å². The van der Waals surface area contributed by atoms with Gasteiger partial charge in [-0.3, -0.25) is 0 Å². The van der Waals surface area contributed by atoms with E-state index in [0.717, 1.165) is 12.2 Å². The van der Waals surface area contributed by atoms with Gasteiger partial charge >= 0.3 is 0 Å². The number of halogens is 2. The second-order valence-electron chi connectivity index (χ2n) is 2.47. The maximum Gasteiger partial charge on any atom is 0.139 e. The molecule has 0 fully saturated rings. The first kappa shape index (κ1) is 10.5. The molecular formula is C9H11Cl2NO. The molecule has 0 aliphatic rings. The van der Waals surface area contributed by atoms with Crippen LogP contribution in [-0.4, -0.2) is 13.7 Å². The fraction of sp³-hybridized carbons (Fsp3) is 0.333. The molecule has 1 rings (SSSR count). The van der Waals surface area contributed by atoms with E-state index in [-0.39, 0.29) is 0 Å². The number of hydrogen-bond acceptors (Lipinski definition) is 2. The van der Waals surface area contributed by atoms with E-state index in [1.165, 1.54) is 0 Å². The fourth-order valence-electron chi connectivity index (χ4n) is 1.02. The van der Waals surface area contributed by atoms with Crippen molar-refractivity contribution in [2.24, 2.45) is 0 Å². The van der Waals surface area contributed by atoms with Crippen LogP contribution >= 0.6 is 23.2 Å². The van der Waals surface area contributed by atoms with Crippen molar-refractivity contribution in [2.45, 2.75) is 6.92 Å². The average Bonchev–Trinajstić information content (AvgIpc) is 2.14. The summed E-state index contributed by atoms with van der Waals surface area (Å²) in [5.41, 5.74) is 0.829. The molecule has 72 valence electrons. The molecule has 13 heavy (non-hydrogen) atoms. The third-order valence-corrected chi connectivity index (χ3v) is 2.50. The van der Waals surface area contributed by atoms with Crippen molar-refractivity contribution < 1.29 is 4.74 Å².